The predicted molar refractivity (Wildman–Crippen MR) is 91.2 cm³/mol. The number of fused-ring (bicyclic) bond motifs is 1. The van der Waals surface area contributed by atoms with Gasteiger partial charge in [-0.2, -0.15) is 18.6 Å². The number of allylic oxidation sites excluding steroid dienone is 1. The van der Waals surface area contributed by atoms with Gasteiger partial charge in [-0.25, -0.2) is 4.98 Å². The molecule has 1 aromatic heterocycles. The first kappa shape index (κ1) is 17.0. The van der Waals surface area contributed by atoms with Gasteiger partial charge in [0.2, 0.25) is 5.89 Å². The lowest BCUT2D eigenvalue weighted by Gasteiger charge is -2.25. The Labute approximate surface area is 143 Å². The molecular weight excluding hydrogens is 346 g/mol. The van der Waals surface area contributed by atoms with Crippen LogP contribution < -0.4 is 5.84 Å². The van der Waals surface area contributed by atoms with Crippen molar-refractivity contribution in [2.75, 3.05) is 0 Å². The molecule has 3 rings (SSSR count). The van der Waals surface area contributed by atoms with Crippen LogP contribution in [0.4, 0.5) is 0 Å². The average molecular weight is 361 g/mol. The summed E-state index contributed by atoms with van der Waals surface area (Å²) in [6.45, 7) is 1.71. The molecule has 0 spiro atoms. The summed E-state index contributed by atoms with van der Waals surface area (Å²) in [7, 11) is -4.44. The summed E-state index contributed by atoms with van der Waals surface area (Å²) in [6, 6.07) is 7.08. The molecule has 1 aliphatic rings. The van der Waals surface area contributed by atoms with Crippen molar-refractivity contribution in [3.05, 3.63) is 52.8 Å². The maximum absolute atomic E-state index is 11.6. The van der Waals surface area contributed by atoms with Crippen molar-refractivity contribution in [3.8, 4) is 0 Å². The van der Waals surface area contributed by atoms with E-state index in [1.165, 1.54) is 12.2 Å². The summed E-state index contributed by atoms with van der Waals surface area (Å²) in [6.07, 6.45) is 3.90. The monoisotopic (exact) mass is 361 g/mol. The lowest BCUT2D eigenvalue weighted by molar-refractivity contribution is 0.387. The minimum absolute atomic E-state index is 0.150. The van der Waals surface area contributed by atoms with Crippen molar-refractivity contribution in [1.29, 1.82) is 0 Å². The van der Waals surface area contributed by atoms with Crippen molar-refractivity contribution < 1.29 is 17.4 Å². The molecule has 0 saturated carbocycles. The molecule has 0 fully saturated rings. The van der Waals surface area contributed by atoms with Gasteiger partial charge in [0.1, 0.15) is 5.52 Å². The van der Waals surface area contributed by atoms with Crippen LogP contribution in [0.5, 0.6) is 0 Å². The second-order valence-electron chi connectivity index (χ2n) is 5.58. The van der Waals surface area contributed by atoms with Gasteiger partial charge in [-0.1, -0.05) is 17.7 Å². The number of para-hydroxylation sites is 2. The van der Waals surface area contributed by atoms with Crippen LogP contribution in [0.1, 0.15) is 19.2 Å². The first-order valence-corrected chi connectivity index (χ1v) is 8.65. The van der Waals surface area contributed by atoms with Crippen LogP contribution in [0.3, 0.4) is 0 Å². The molecule has 0 aliphatic heterocycles. The number of nitrogens with two attached hydrogens (primary N) is 1. The molecule has 0 bridgehead atoms. The number of aromatic nitrogens is 1. The molecule has 1 aromatic carbocycles. The SMILES string of the molecule is CC1=CC(S(=O)(=O)O)=CC(N=NC=NN)(c2nc3ccccc3o2)C1. The largest absolute Gasteiger partial charge is 0.438 e. The average Bonchev–Trinajstić information content (AvgIpc) is 2.98. The van der Waals surface area contributed by atoms with E-state index < -0.39 is 15.7 Å². The fraction of sp³-hybridized carbons (Fsp3) is 0.200. The van der Waals surface area contributed by atoms with E-state index in [0.717, 1.165) is 6.34 Å². The van der Waals surface area contributed by atoms with Crippen LogP contribution in [0.25, 0.3) is 11.1 Å². The molecule has 10 heteroatoms. The van der Waals surface area contributed by atoms with Crippen LogP contribution in [0, 0.1) is 0 Å². The Bertz CT molecular complexity index is 1000. The highest BCUT2D eigenvalue weighted by Gasteiger charge is 2.40. The van der Waals surface area contributed by atoms with E-state index in [1.54, 1.807) is 31.2 Å². The lowest BCUT2D eigenvalue weighted by Crippen LogP contribution is -2.26. The molecule has 25 heavy (non-hydrogen) atoms. The van der Waals surface area contributed by atoms with Crippen molar-refractivity contribution in [2.45, 2.75) is 18.9 Å². The maximum atomic E-state index is 11.6. The molecule has 0 amide bonds. The maximum Gasteiger partial charge on any atom is 0.294 e. The highest BCUT2D eigenvalue weighted by Crippen LogP contribution is 2.40. The Hall–Kier alpha value is -2.85. The fourth-order valence-electron chi connectivity index (χ4n) is 2.66. The van der Waals surface area contributed by atoms with E-state index in [-0.39, 0.29) is 17.2 Å². The molecule has 9 nitrogen and oxygen atoms in total. The minimum atomic E-state index is -4.44. The number of hydrogen-bond donors (Lipinski definition) is 2. The van der Waals surface area contributed by atoms with Gasteiger partial charge >= 0.3 is 0 Å². The molecular formula is C15H15N5O4S. The van der Waals surface area contributed by atoms with E-state index >= 15 is 0 Å². The minimum Gasteiger partial charge on any atom is -0.438 e. The van der Waals surface area contributed by atoms with Gasteiger partial charge in [0.15, 0.2) is 17.5 Å². The van der Waals surface area contributed by atoms with Crippen LogP contribution in [0.2, 0.25) is 0 Å². The Morgan fingerprint density at radius 1 is 1.40 bits per heavy atom. The summed E-state index contributed by atoms with van der Waals surface area (Å²) in [5, 5.41) is 11.1. The van der Waals surface area contributed by atoms with Crippen LogP contribution in [0.15, 0.2) is 66.6 Å². The Morgan fingerprint density at radius 2 is 2.16 bits per heavy atom. The molecule has 1 heterocycles. The first-order chi connectivity index (χ1) is 11.8. The zero-order valence-corrected chi connectivity index (χ0v) is 14.0. The molecule has 1 aliphatic carbocycles. The topological polar surface area (TPSA) is 144 Å². The Kier molecular flexibility index (Phi) is 4.23. The Morgan fingerprint density at radius 3 is 2.84 bits per heavy atom. The molecule has 3 N–H and O–H groups in total. The van der Waals surface area contributed by atoms with Crippen molar-refractivity contribution in [2.24, 2.45) is 21.2 Å². The summed E-state index contributed by atoms with van der Waals surface area (Å²) in [5.41, 5.74) is 0.424. The third-order valence-corrected chi connectivity index (χ3v) is 4.47. The molecule has 1 atom stereocenters. The number of hydrazone groups is 1. The standard InChI is InChI=1S/C15H15N5O4S/c1-10-6-11(25(21,22)23)8-15(7-10,20-18-9-17-16)14-19-12-4-2-3-5-13(12)24-14/h2-6,8-9H,7,16H2,1H3,(H,21,22,23). The van der Waals surface area contributed by atoms with Gasteiger partial charge in [-0.3, -0.25) is 4.55 Å². The molecule has 0 saturated heterocycles. The van der Waals surface area contributed by atoms with Gasteiger partial charge in [-0.15, -0.1) is 5.11 Å². The summed E-state index contributed by atoms with van der Waals surface area (Å²) >= 11 is 0. The number of azo groups is 1. The number of hydrogen-bond acceptors (Lipinski definition) is 7. The van der Waals surface area contributed by atoms with Gasteiger partial charge < -0.3 is 10.3 Å². The number of oxazole rings is 1. The summed E-state index contributed by atoms with van der Waals surface area (Å²) in [4.78, 5) is 4.09. The fourth-order valence-corrected chi connectivity index (χ4v) is 3.35. The number of nitrogens with zero attached hydrogens (tertiary/aromatic N) is 4. The second kappa shape index (κ2) is 6.22. The predicted octanol–water partition coefficient (Wildman–Crippen LogP) is 2.50. The van der Waals surface area contributed by atoms with Crippen LogP contribution >= 0.6 is 0 Å². The van der Waals surface area contributed by atoms with Crippen molar-refractivity contribution in [3.63, 3.8) is 0 Å². The van der Waals surface area contributed by atoms with Crippen LogP contribution in [-0.4, -0.2) is 24.3 Å². The van der Waals surface area contributed by atoms with E-state index in [9.17, 15) is 13.0 Å². The van der Waals surface area contributed by atoms with E-state index in [2.05, 4.69) is 20.3 Å². The highest BCUT2D eigenvalue weighted by molar-refractivity contribution is 7.90. The lowest BCUT2D eigenvalue weighted by atomic mass is 9.87. The normalized spacial score (nSPS) is 21.8. The third-order valence-electron chi connectivity index (χ3n) is 3.63. The van der Waals surface area contributed by atoms with Gasteiger partial charge in [-0.05, 0) is 31.2 Å². The third kappa shape index (κ3) is 3.35. The van der Waals surface area contributed by atoms with Crippen LogP contribution in [-0.2, 0) is 15.7 Å². The Balaban J connectivity index is 2.24. The first-order valence-electron chi connectivity index (χ1n) is 7.21. The molecule has 0 radical (unpaired) electrons. The molecule has 1 unspecified atom stereocenters. The molecule has 130 valence electrons. The number of rotatable bonds is 4. The van der Waals surface area contributed by atoms with Gasteiger partial charge in [0.05, 0.1) is 4.91 Å². The van der Waals surface area contributed by atoms with E-state index in [4.69, 9.17) is 10.3 Å². The summed E-state index contributed by atoms with van der Waals surface area (Å²) < 4.78 is 38.5. The molecule has 2 aromatic rings. The number of benzene rings is 1. The smallest absolute Gasteiger partial charge is 0.294 e. The second-order valence-corrected chi connectivity index (χ2v) is 7.00. The highest BCUT2D eigenvalue weighted by atomic mass is 32.2. The van der Waals surface area contributed by atoms with Gasteiger partial charge in [0.25, 0.3) is 10.1 Å². The van der Waals surface area contributed by atoms with E-state index in [1.807, 2.05) is 0 Å². The van der Waals surface area contributed by atoms with Crippen molar-refractivity contribution >= 4 is 27.6 Å². The zero-order chi connectivity index (χ0) is 18.1. The van der Waals surface area contributed by atoms with E-state index in [0.29, 0.717) is 16.7 Å². The quantitative estimate of drug-likeness (QED) is 0.214. The zero-order valence-electron chi connectivity index (χ0n) is 13.2. The van der Waals surface area contributed by atoms with Gasteiger partial charge in [0, 0.05) is 6.42 Å². The summed E-state index contributed by atoms with van der Waals surface area (Å²) in [5.74, 6) is 5.17. The van der Waals surface area contributed by atoms with Crippen molar-refractivity contribution in [1.82, 2.24) is 4.98 Å².